The summed E-state index contributed by atoms with van der Waals surface area (Å²) < 4.78 is 14.8. The van der Waals surface area contributed by atoms with Crippen molar-refractivity contribution in [3.8, 4) is 0 Å². The van der Waals surface area contributed by atoms with E-state index in [0.717, 1.165) is 0 Å². The molecule has 0 amide bonds. The molecule has 0 aromatic heterocycles. The molecule has 0 aliphatic rings. The normalized spacial score (nSPS) is 18.5. The molecule has 0 rings (SSSR count). The van der Waals surface area contributed by atoms with E-state index in [-0.39, 0.29) is 12.0 Å². The Kier molecular flexibility index (Phi) is 3.37. The third-order valence-electron chi connectivity index (χ3n) is 0.657. The number of rotatable bonds is 2. The molecule has 0 saturated carbocycles. The van der Waals surface area contributed by atoms with Gasteiger partial charge in [0.25, 0.3) is 0 Å². The van der Waals surface area contributed by atoms with E-state index < -0.39 is 6.95 Å². The Bertz CT molecular complexity index is 145. The highest BCUT2D eigenvalue weighted by Crippen LogP contribution is 2.48. The summed E-state index contributed by atoms with van der Waals surface area (Å²) in [4.78, 5) is 8.48. The average Bonchev–Trinajstić information content (AvgIpc) is 1.57. The lowest BCUT2D eigenvalue weighted by Gasteiger charge is -2.17. The average molecular weight is 187 g/mol. The maximum Gasteiger partial charge on any atom is 0.421 e. The van der Waals surface area contributed by atoms with Crippen LogP contribution >= 0.6 is 18.2 Å². The summed E-state index contributed by atoms with van der Waals surface area (Å²) in [5, 5.41) is 0. The van der Waals surface area contributed by atoms with Gasteiger partial charge in [-0.25, -0.2) is 4.57 Å². The molecule has 1 unspecified atom stereocenters. The van der Waals surface area contributed by atoms with Crippen LogP contribution in [0.1, 0.15) is 20.8 Å². The molecule has 0 saturated heterocycles. The SMILES string of the molecule is CC(C)(C)COP(=O)(O)Cl. The molecule has 5 heteroatoms. The molecule has 0 aromatic carbocycles. The lowest BCUT2D eigenvalue weighted by Crippen LogP contribution is -2.12. The van der Waals surface area contributed by atoms with Crippen molar-refractivity contribution < 1.29 is 14.0 Å². The lowest BCUT2D eigenvalue weighted by molar-refractivity contribution is 0.183. The van der Waals surface area contributed by atoms with Crippen LogP contribution in [0.25, 0.3) is 0 Å². The molecule has 10 heavy (non-hydrogen) atoms. The van der Waals surface area contributed by atoms with E-state index in [0.29, 0.717) is 0 Å². The molecule has 0 heterocycles. The van der Waals surface area contributed by atoms with Gasteiger partial charge in [-0.05, 0) is 5.41 Å². The van der Waals surface area contributed by atoms with Crippen LogP contribution in [0.15, 0.2) is 0 Å². The highest BCUT2D eigenvalue weighted by atomic mass is 35.7. The van der Waals surface area contributed by atoms with Gasteiger partial charge in [0.2, 0.25) is 0 Å². The van der Waals surface area contributed by atoms with Gasteiger partial charge in [-0.3, -0.25) is 4.52 Å². The van der Waals surface area contributed by atoms with Crippen molar-refractivity contribution in [2.75, 3.05) is 6.61 Å². The fourth-order valence-electron chi connectivity index (χ4n) is 0.273. The van der Waals surface area contributed by atoms with Crippen molar-refractivity contribution in [3.63, 3.8) is 0 Å². The second-order valence-electron chi connectivity index (χ2n) is 3.29. The Hall–Kier alpha value is 0.440. The fraction of sp³-hybridized carbons (Fsp3) is 1.00. The van der Waals surface area contributed by atoms with E-state index in [1.807, 2.05) is 20.8 Å². The zero-order chi connectivity index (χ0) is 8.41. The third kappa shape index (κ3) is 8.44. The van der Waals surface area contributed by atoms with Gasteiger partial charge < -0.3 is 4.89 Å². The Balaban J connectivity index is 3.67. The molecule has 0 spiro atoms. The second kappa shape index (κ2) is 3.22. The second-order valence-corrected chi connectivity index (χ2v) is 5.73. The number of hydrogen-bond acceptors (Lipinski definition) is 2. The Morgan fingerprint density at radius 3 is 2.10 bits per heavy atom. The van der Waals surface area contributed by atoms with Crippen LogP contribution in [0.2, 0.25) is 0 Å². The first kappa shape index (κ1) is 10.4. The van der Waals surface area contributed by atoms with Crippen LogP contribution < -0.4 is 0 Å². The smallest absolute Gasteiger partial charge is 0.313 e. The first-order valence-corrected chi connectivity index (χ1v) is 5.36. The van der Waals surface area contributed by atoms with Crippen LogP contribution in [0.3, 0.4) is 0 Å². The van der Waals surface area contributed by atoms with Gasteiger partial charge in [-0.15, -0.1) is 0 Å². The minimum atomic E-state index is -3.79. The first-order chi connectivity index (χ1) is 4.21. The minimum absolute atomic E-state index is 0.132. The van der Waals surface area contributed by atoms with Gasteiger partial charge in [0.1, 0.15) is 0 Å². The van der Waals surface area contributed by atoms with Crippen LogP contribution in [0.4, 0.5) is 0 Å². The Morgan fingerprint density at radius 1 is 1.60 bits per heavy atom. The maximum atomic E-state index is 10.4. The van der Waals surface area contributed by atoms with Crippen LogP contribution in [-0.4, -0.2) is 11.5 Å². The molecule has 0 bridgehead atoms. The van der Waals surface area contributed by atoms with Gasteiger partial charge in [0.05, 0.1) is 6.61 Å². The highest BCUT2D eigenvalue weighted by molar-refractivity contribution is 7.80. The summed E-state index contributed by atoms with van der Waals surface area (Å²) in [6.07, 6.45) is 0. The van der Waals surface area contributed by atoms with Crippen molar-refractivity contribution in [2.24, 2.45) is 5.41 Å². The van der Waals surface area contributed by atoms with Crippen molar-refractivity contribution in [1.29, 1.82) is 0 Å². The van der Waals surface area contributed by atoms with E-state index in [1.54, 1.807) is 0 Å². The zero-order valence-electron chi connectivity index (χ0n) is 6.30. The monoisotopic (exact) mass is 186 g/mol. The largest absolute Gasteiger partial charge is 0.421 e. The van der Waals surface area contributed by atoms with Crippen molar-refractivity contribution in [3.05, 3.63) is 0 Å². The third-order valence-corrected chi connectivity index (χ3v) is 1.40. The van der Waals surface area contributed by atoms with E-state index in [9.17, 15) is 4.57 Å². The quantitative estimate of drug-likeness (QED) is 0.674. The molecular weight excluding hydrogens is 174 g/mol. The van der Waals surface area contributed by atoms with Crippen molar-refractivity contribution in [1.82, 2.24) is 0 Å². The van der Waals surface area contributed by atoms with Gasteiger partial charge in [-0.1, -0.05) is 20.8 Å². The molecule has 0 aliphatic heterocycles. The van der Waals surface area contributed by atoms with Crippen LogP contribution in [0.5, 0.6) is 0 Å². The van der Waals surface area contributed by atoms with Crippen molar-refractivity contribution >= 4 is 18.2 Å². The maximum absolute atomic E-state index is 10.4. The van der Waals surface area contributed by atoms with Gasteiger partial charge >= 0.3 is 6.95 Å². The summed E-state index contributed by atoms with van der Waals surface area (Å²) in [5.74, 6) is 0. The van der Waals surface area contributed by atoms with E-state index in [1.165, 1.54) is 0 Å². The van der Waals surface area contributed by atoms with E-state index >= 15 is 0 Å². The molecule has 1 atom stereocenters. The molecule has 0 aliphatic carbocycles. The standard InChI is InChI=1S/C5H12ClO3P/c1-5(2,3)4-9-10(6,7)8/h4H2,1-3H3,(H,7,8). The summed E-state index contributed by atoms with van der Waals surface area (Å²) in [6.45, 7) is 2.06. The zero-order valence-corrected chi connectivity index (χ0v) is 7.95. The summed E-state index contributed by atoms with van der Waals surface area (Å²) >= 11 is 4.93. The summed E-state index contributed by atoms with van der Waals surface area (Å²) in [6, 6.07) is 0. The summed E-state index contributed by atoms with van der Waals surface area (Å²) in [7, 11) is 0. The molecular formula is C5H12ClO3P. The molecule has 62 valence electrons. The highest BCUT2D eigenvalue weighted by Gasteiger charge is 2.19. The Labute approximate surface area is 65.7 Å². The Morgan fingerprint density at radius 2 is 2.00 bits per heavy atom. The number of hydrogen-bond donors (Lipinski definition) is 1. The predicted octanol–water partition coefficient (Wildman–Crippen LogP) is 2.39. The van der Waals surface area contributed by atoms with Gasteiger partial charge in [0, 0.05) is 11.2 Å². The van der Waals surface area contributed by atoms with E-state index in [2.05, 4.69) is 4.52 Å². The fourth-order valence-corrected chi connectivity index (χ4v) is 0.966. The first-order valence-electron chi connectivity index (χ1n) is 2.88. The van der Waals surface area contributed by atoms with Crippen LogP contribution in [-0.2, 0) is 9.09 Å². The van der Waals surface area contributed by atoms with E-state index in [4.69, 9.17) is 16.1 Å². The molecule has 1 N–H and O–H groups in total. The molecule has 3 nitrogen and oxygen atoms in total. The summed E-state index contributed by atoms with van der Waals surface area (Å²) in [5.41, 5.74) is -0.132. The topological polar surface area (TPSA) is 46.5 Å². The number of halogens is 1. The predicted molar refractivity (Wildman–Crippen MR) is 41.1 cm³/mol. The van der Waals surface area contributed by atoms with Gasteiger partial charge in [-0.2, -0.15) is 0 Å². The van der Waals surface area contributed by atoms with Crippen LogP contribution in [0, 0.1) is 5.41 Å². The lowest BCUT2D eigenvalue weighted by atomic mass is 9.99. The van der Waals surface area contributed by atoms with Gasteiger partial charge in [0.15, 0.2) is 0 Å². The van der Waals surface area contributed by atoms with Crippen molar-refractivity contribution in [2.45, 2.75) is 20.8 Å². The molecule has 0 aromatic rings. The minimum Gasteiger partial charge on any atom is -0.313 e. The molecule has 0 radical (unpaired) electrons. The molecule has 0 fully saturated rings.